The van der Waals surface area contributed by atoms with Crippen molar-refractivity contribution in [2.45, 2.75) is 47.0 Å². The van der Waals surface area contributed by atoms with Gasteiger partial charge in [-0.2, -0.15) is 0 Å². The molecule has 6 heteroatoms. The van der Waals surface area contributed by atoms with Crippen LogP contribution in [0.25, 0.3) is 0 Å². The highest BCUT2D eigenvalue weighted by molar-refractivity contribution is 7.17. The highest BCUT2D eigenvalue weighted by atomic mass is 32.1. The second kappa shape index (κ2) is 7.27. The van der Waals surface area contributed by atoms with Gasteiger partial charge in [0.1, 0.15) is 5.00 Å². The van der Waals surface area contributed by atoms with Gasteiger partial charge in [0, 0.05) is 4.88 Å². The third-order valence-electron chi connectivity index (χ3n) is 4.94. The van der Waals surface area contributed by atoms with Gasteiger partial charge in [-0.3, -0.25) is 4.79 Å². The summed E-state index contributed by atoms with van der Waals surface area (Å²) in [6, 6.07) is 3.26. The summed E-state index contributed by atoms with van der Waals surface area (Å²) in [6.07, 6.45) is 4.24. The summed E-state index contributed by atoms with van der Waals surface area (Å²) in [5, 5.41) is 3.41. The number of hydrogen-bond acceptors (Lipinski definition) is 5. The maximum Gasteiger partial charge on any atom is 0.341 e. The van der Waals surface area contributed by atoms with E-state index in [2.05, 4.69) is 26.1 Å². The Hall–Kier alpha value is -2.08. The standard InChI is InChI=1S/C20H25NO4S/c1-5-24-19(23)16-13-9-8-12(20(2,3)4)11-15(13)26-18(16)21-17(22)14-7-6-10-25-14/h6-7,10,12H,5,8-9,11H2,1-4H3,(H,21,22). The number of anilines is 1. The molecule has 0 saturated heterocycles. The highest BCUT2D eigenvalue weighted by Crippen LogP contribution is 2.44. The number of nitrogens with one attached hydrogen (secondary N) is 1. The van der Waals surface area contributed by atoms with Crippen molar-refractivity contribution >= 4 is 28.2 Å². The minimum atomic E-state index is -0.367. The van der Waals surface area contributed by atoms with Gasteiger partial charge in [-0.25, -0.2) is 4.79 Å². The van der Waals surface area contributed by atoms with Crippen molar-refractivity contribution in [3.05, 3.63) is 40.2 Å². The molecule has 0 aromatic carbocycles. The van der Waals surface area contributed by atoms with Gasteiger partial charge >= 0.3 is 5.97 Å². The number of carbonyl (C=O) groups is 2. The molecule has 0 radical (unpaired) electrons. The van der Waals surface area contributed by atoms with E-state index >= 15 is 0 Å². The minimum absolute atomic E-state index is 0.212. The summed E-state index contributed by atoms with van der Waals surface area (Å²) >= 11 is 1.49. The lowest BCUT2D eigenvalue weighted by molar-refractivity contribution is 0.0526. The fourth-order valence-electron chi connectivity index (χ4n) is 3.40. The first kappa shape index (κ1) is 18.7. The first-order valence-corrected chi connectivity index (χ1v) is 9.79. The topological polar surface area (TPSA) is 68.5 Å². The first-order valence-electron chi connectivity index (χ1n) is 8.97. The van der Waals surface area contributed by atoms with Crippen molar-refractivity contribution in [2.75, 3.05) is 11.9 Å². The van der Waals surface area contributed by atoms with Crippen LogP contribution in [0.1, 0.15) is 65.5 Å². The van der Waals surface area contributed by atoms with Gasteiger partial charge in [0.25, 0.3) is 5.91 Å². The van der Waals surface area contributed by atoms with E-state index in [9.17, 15) is 9.59 Å². The second-order valence-electron chi connectivity index (χ2n) is 7.67. The average Bonchev–Trinajstić information content (AvgIpc) is 3.21. The number of furan rings is 1. The Kier molecular flexibility index (Phi) is 5.23. The molecule has 0 bridgehead atoms. The average molecular weight is 375 g/mol. The zero-order chi connectivity index (χ0) is 18.9. The van der Waals surface area contributed by atoms with Crippen LogP contribution in [0.3, 0.4) is 0 Å². The molecule has 1 amide bonds. The lowest BCUT2D eigenvalue weighted by Crippen LogP contribution is -2.26. The van der Waals surface area contributed by atoms with E-state index in [0.29, 0.717) is 23.1 Å². The fourth-order valence-corrected chi connectivity index (χ4v) is 4.72. The number of rotatable bonds is 4. The Morgan fingerprint density at radius 2 is 2.15 bits per heavy atom. The molecule has 140 valence electrons. The van der Waals surface area contributed by atoms with Crippen LogP contribution in [-0.2, 0) is 17.6 Å². The molecule has 26 heavy (non-hydrogen) atoms. The van der Waals surface area contributed by atoms with E-state index < -0.39 is 0 Å². The Balaban J connectivity index is 1.94. The molecule has 0 aliphatic heterocycles. The molecule has 0 spiro atoms. The summed E-state index contributed by atoms with van der Waals surface area (Å²) in [5.74, 6) is 0.0524. The molecular weight excluding hydrogens is 350 g/mol. The monoisotopic (exact) mass is 375 g/mol. The Morgan fingerprint density at radius 1 is 1.38 bits per heavy atom. The summed E-state index contributed by atoms with van der Waals surface area (Å²) in [6.45, 7) is 8.85. The molecular formula is C20H25NO4S. The molecule has 5 nitrogen and oxygen atoms in total. The minimum Gasteiger partial charge on any atom is -0.462 e. The Labute approximate surface area is 157 Å². The van der Waals surface area contributed by atoms with Crippen molar-refractivity contribution in [3.8, 4) is 0 Å². The smallest absolute Gasteiger partial charge is 0.341 e. The van der Waals surface area contributed by atoms with Gasteiger partial charge in [0.05, 0.1) is 18.4 Å². The highest BCUT2D eigenvalue weighted by Gasteiger charge is 2.34. The van der Waals surface area contributed by atoms with Gasteiger partial charge in [-0.05, 0) is 55.2 Å². The number of esters is 1. The SMILES string of the molecule is CCOC(=O)c1c(NC(=O)c2ccco2)sc2c1CCC(C(C)(C)C)C2. The van der Waals surface area contributed by atoms with E-state index in [4.69, 9.17) is 9.15 Å². The van der Waals surface area contributed by atoms with Crippen molar-refractivity contribution < 1.29 is 18.7 Å². The predicted molar refractivity (Wildman–Crippen MR) is 102 cm³/mol. The van der Waals surface area contributed by atoms with Gasteiger partial charge in [-0.1, -0.05) is 20.8 Å². The van der Waals surface area contributed by atoms with Crippen LogP contribution in [-0.4, -0.2) is 18.5 Å². The van der Waals surface area contributed by atoms with Crippen LogP contribution in [0.5, 0.6) is 0 Å². The Bertz CT molecular complexity index is 799. The van der Waals surface area contributed by atoms with Crippen LogP contribution in [0.2, 0.25) is 0 Å². The largest absolute Gasteiger partial charge is 0.462 e. The summed E-state index contributed by atoms with van der Waals surface area (Å²) in [7, 11) is 0. The van der Waals surface area contributed by atoms with Crippen molar-refractivity contribution in [2.24, 2.45) is 11.3 Å². The first-order chi connectivity index (χ1) is 12.3. The summed E-state index contributed by atoms with van der Waals surface area (Å²) in [5.41, 5.74) is 1.76. The molecule has 2 aromatic rings. The van der Waals surface area contributed by atoms with Crippen LogP contribution < -0.4 is 5.32 Å². The number of hydrogen-bond donors (Lipinski definition) is 1. The van der Waals surface area contributed by atoms with E-state index in [1.54, 1.807) is 19.1 Å². The van der Waals surface area contributed by atoms with Gasteiger partial charge in [0.15, 0.2) is 5.76 Å². The molecule has 3 rings (SSSR count). The number of fused-ring (bicyclic) bond motifs is 1. The molecule has 0 fully saturated rings. The second-order valence-corrected chi connectivity index (χ2v) is 8.77. The molecule has 1 atom stereocenters. The van der Waals surface area contributed by atoms with Crippen molar-refractivity contribution in [1.82, 2.24) is 0 Å². The van der Waals surface area contributed by atoms with E-state index in [1.165, 1.54) is 22.5 Å². The van der Waals surface area contributed by atoms with E-state index in [-0.39, 0.29) is 23.1 Å². The molecule has 1 aliphatic carbocycles. The van der Waals surface area contributed by atoms with Crippen LogP contribution >= 0.6 is 11.3 Å². The maximum absolute atomic E-state index is 12.6. The third-order valence-corrected chi connectivity index (χ3v) is 6.11. The summed E-state index contributed by atoms with van der Waals surface area (Å²) < 4.78 is 10.4. The van der Waals surface area contributed by atoms with Gasteiger partial charge in [0.2, 0.25) is 0 Å². The Morgan fingerprint density at radius 3 is 2.77 bits per heavy atom. The molecule has 0 saturated carbocycles. The van der Waals surface area contributed by atoms with E-state index in [1.807, 2.05) is 0 Å². The van der Waals surface area contributed by atoms with E-state index in [0.717, 1.165) is 24.8 Å². The fraction of sp³-hybridized carbons (Fsp3) is 0.500. The quantitative estimate of drug-likeness (QED) is 0.770. The van der Waals surface area contributed by atoms with Crippen molar-refractivity contribution in [1.29, 1.82) is 0 Å². The lowest BCUT2D eigenvalue weighted by Gasteiger charge is -2.33. The number of ether oxygens (including phenoxy) is 1. The molecule has 1 aliphatic rings. The molecule has 1 unspecified atom stereocenters. The summed E-state index contributed by atoms with van der Waals surface area (Å²) in [4.78, 5) is 26.1. The zero-order valence-electron chi connectivity index (χ0n) is 15.7. The van der Waals surface area contributed by atoms with Crippen molar-refractivity contribution in [3.63, 3.8) is 0 Å². The van der Waals surface area contributed by atoms with Crippen LogP contribution in [0.4, 0.5) is 5.00 Å². The third kappa shape index (κ3) is 3.70. The number of thiophene rings is 1. The lowest BCUT2D eigenvalue weighted by atomic mass is 9.72. The van der Waals surface area contributed by atoms with Crippen LogP contribution in [0, 0.1) is 11.3 Å². The number of amides is 1. The van der Waals surface area contributed by atoms with Gasteiger partial charge < -0.3 is 14.5 Å². The van der Waals surface area contributed by atoms with Gasteiger partial charge in [-0.15, -0.1) is 11.3 Å². The zero-order valence-corrected chi connectivity index (χ0v) is 16.5. The van der Waals surface area contributed by atoms with Crippen LogP contribution in [0.15, 0.2) is 22.8 Å². The molecule has 2 aromatic heterocycles. The number of carbonyl (C=O) groups excluding carboxylic acids is 2. The predicted octanol–water partition coefficient (Wildman–Crippen LogP) is 4.92. The molecule has 2 heterocycles. The maximum atomic E-state index is 12.6. The molecule has 1 N–H and O–H groups in total. The normalized spacial score (nSPS) is 16.8.